The molecule has 1 aromatic carbocycles. The van der Waals surface area contributed by atoms with Crippen LogP contribution in [0.1, 0.15) is 64.3 Å². The first kappa shape index (κ1) is 26.2. The minimum Gasteiger partial charge on any atom is -0.493 e. The van der Waals surface area contributed by atoms with E-state index in [4.69, 9.17) is 9.26 Å². The minimum atomic E-state index is -0.291. The Kier molecular flexibility index (Phi) is 8.67. The van der Waals surface area contributed by atoms with Crippen molar-refractivity contribution in [2.45, 2.75) is 59.3 Å². The van der Waals surface area contributed by atoms with Gasteiger partial charge in [-0.2, -0.15) is 4.98 Å². The van der Waals surface area contributed by atoms with E-state index in [1.165, 1.54) is 11.1 Å². The summed E-state index contributed by atoms with van der Waals surface area (Å²) in [5.74, 6) is 2.26. The van der Waals surface area contributed by atoms with Crippen LogP contribution in [-0.2, 0) is 11.2 Å². The maximum atomic E-state index is 12.5. The molecule has 196 valence electrons. The molecular weight excluding hydrogens is 456 g/mol. The highest BCUT2D eigenvalue weighted by Crippen LogP contribution is 2.31. The van der Waals surface area contributed by atoms with Gasteiger partial charge in [-0.05, 0) is 61.3 Å². The monoisotopic (exact) mass is 496 g/mol. The van der Waals surface area contributed by atoms with E-state index in [9.17, 15) is 9.90 Å². The van der Waals surface area contributed by atoms with Gasteiger partial charge >= 0.3 is 6.01 Å². The van der Waals surface area contributed by atoms with Gasteiger partial charge in [0.05, 0.1) is 6.61 Å². The Balaban J connectivity index is 1.20. The summed E-state index contributed by atoms with van der Waals surface area (Å²) in [4.78, 5) is 19.1. The van der Waals surface area contributed by atoms with Crippen molar-refractivity contribution in [2.75, 3.05) is 37.7 Å². The number of amides is 1. The van der Waals surface area contributed by atoms with E-state index in [-0.39, 0.29) is 23.8 Å². The Morgan fingerprint density at radius 2 is 1.97 bits per heavy atom. The second-order valence-electron chi connectivity index (χ2n) is 10.9. The molecule has 2 N–H and O–H groups in total. The molecule has 8 nitrogen and oxygen atoms in total. The van der Waals surface area contributed by atoms with Crippen LogP contribution in [0, 0.1) is 17.3 Å². The van der Waals surface area contributed by atoms with Crippen molar-refractivity contribution < 1.29 is 19.2 Å². The number of carbonyl (C=O) groups is 1. The average Bonchev–Trinajstić information content (AvgIpc) is 3.41. The van der Waals surface area contributed by atoms with Crippen molar-refractivity contribution in [3.63, 3.8) is 0 Å². The predicted molar refractivity (Wildman–Crippen MR) is 140 cm³/mol. The molecule has 1 atom stereocenters. The number of benzene rings is 1. The summed E-state index contributed by atoms with van der Waals surface area (Å²) in [5.41, 5.74) is 2.20. The van der Waals surface area contributed by atoms with Crippen molar-refractivity contribution in [1.29, 1.82) is 0 Å². The number of hydrogen-bond donors (Lipinski definition) is 2. The summed E-state index contributed by atoms with van der Waals surface area (Å²) in [6.45, 7) is 9.00. The maximum absolute atomic E-state index is 12.5. The Bertz CT molecular complexity index is 1020. The van der Waals surface area contributed by atoms with Crippen molar-refractivity contribution in [2.24, 2.45) is 17.3 Å². The first-order valence-corrected chi connectivity index (χ1v) is 13.2. The minimum absolute atomic E-state index is 0.00536. The molecule has 0 bridgehead atoms. The SMILES string of the molecule is CCc1noc(N2CCC(COc3ccc(C4=CCC(C(=O)NCC(C)(C)CO)CC4)cc3)CC2)n1. The number of aliphatic hydroxyl groups excluding tert-OH is 1. The molecule has 1 unspecified atom stereocenters. The van der Waals surface area contributed by atoms with Gasteiger partial charge < -0.3 is 24.6 Å². The number of ether oxygens (including phenoxy) is 1. The Morgan fingerprint density at radius 3 is 2.58 bits per heavy atom. The molecule has 0 saturated carbocycles. The van der Waals surface area contributed by atoms with Gasteiger partial charge in [0.1, 0.15) is 5.75 Å². The first-order chi connectivity index (χ1) is 17.4. The number of hydrogen-bond acceptors (Lipinski definition) is 7. The van der Waals surface area contributed by atoms with Crippen molar-refractivity contribution in [1.82, 2.24) is 15.5 Å². The Hall–Kier alpha value is -2.87. The first-order valence-electron chi connectivity index (χ1n) is 13.2. The van der Waals surface area contributed by atoms with Gasteiger partial charge in [-0.3, -0.25) is 4.79 Å². The fourth-order valence-electron chi connectivity index (χ4n) is 4.65. The van der Waals surface area contributed by atoms with Gasteiger partial charge in [0.25, 0.3) is 0 Å². The number of aryl methyl sites for hydroxylation is 1. The van der Waals surface area contributed by atoms with E-state index in [2.05, 4.69) is 38.6 Å². The van der Waals surface area contributed by atoms with Crippen LogP contribution in [0.25, 0.3) is 5.57 Å². The molecule has 1 aliphatic heterocycles. The summed E-state index contributed by atoms with van der Waals surface area (Å²) >= 11 is 0. The van der Waals surface area contributed by atoms with Crippen molar-refractivity contribution in [3.05, 3.63) is 41.7 Å². The molecule has 8 heteroatoms. The Morgan fingerprint density at radius 1 is 1.22 bits per heavy atom. The molecule has 4 rings (SSSR count). The lowest BCUT2D eigenvalue weighted by atomic mass is 9.85. The largest absolute Gasteiger partial charge is 0.493 e. The highest BCUT2D eigenvalue weighted by atomic mass is 16.5. The summed E-state index contributed by atoms with van der Waals surface area (Å²) in [6.07, 6.45) is 7.55. The van der Waals surface area contributed by atoms with Crippen LogP contribution < -0.4 is 15.0 Å². The zero-order valence-electron chi connectivity index (χ0n) is 21.8. The van der Waals surface area contributed by atoms with Crippen LogP contribution in [0.3, 0.4) is 0 Å². The Labute approximate surface area is 214 Å². The molecule has 1 saturated heterocycles. The third-order valence-electron chi connectivity index (χ3n) is 7.32. The molecule has 1 aromatic heterocycles. The van der Waals surface area contributed by atoms with E-state index >= 15 is 0 Å². The summed E-state index contributed by atoms with van der Waals surface area (Å²) in [6, 6.07) is 8.97. The van der Waals surface area contributed by atoms with Crippen LogP contribution in [0.2, 0.25) is 0 Å². The highest BCUT2D eigenvalue weighted by molar-refractivity contribution is 5.80. The molecule has 0 radical (unpaired) electrons. The van der Waals surface area contributed by atoms with Gasteiger partial charge in [0.15, 0.2) is 5.82 Å². The van der Waals surface area contributed by atoms with E-state index in [0.29, 0.717) is 25.1 Å². The number of nitrogens with zero attached hydrogens (tertiary/aromatic N) is 3. The van der Waals surface area contributed by atoms with E-state index < -0.39 is 0 Å². The fraction of sp³-hybridized carbons (Fsp3) is 0.607. The summed E-state index contributed by atoms with van der Waals surface area (Å²) < 4.78 is 11.5. The molecule has 1 amide bonds. The second-order valence-corrected chi connectivity index (χ2v) is 10.9. The standard InChI is InChI=1S/C28H40N4O4/c1-4-25-30-27(36-31-25)32-15-13-20(14-16-32)17-35-24-11-9-22(10-12-24)21-5-7-23(8-6-21)26(34)29-18-28(2,3)19-33/h5,9-12,20,23,33H,4,6-8,13-19H2,1-3H3,(H,29,34). The molecule has 2 aliphatic rings. The third-order valence-corrected chi connectivity index (χ3v) is 7.32. The molecular formula is C28H40N4O4. The lowest BCUT2D eigenvalue weighted by Gasteiger charge is -2.30. The fourth-order valence-corrected chi connectivity index (χ4v) is 4.65. The number of anilines is 1. The number of rotatable bonds is 10. The normalized spacial score (nSPS) is 19.2. The van der Waals surface area contributed by atoms with Crippen LogP contribution in [0.5, 0.6) is 5.75 Å². The van der Waals surface area contributed by atoms with E-state index in [1.54, 1.807) is 0 Å². The molecule has 1 aliphatic carbocycles. The number of aromatic nitrogens is 2. The lowest BCUT2D eigenvalue weighted by Crippen LogP contribution is -2.39. The number of carbonyl (C=O) groups excluding carboxylic acids is 1. The van der Waals surface area contributed by atoms with E-state index in [0.717, 1.165) is 63.2 Å². The number of aliphatic hydroxyl groups is 1. The quantitative estimate of drug-likeness (QED) is 0.507. The summed E-state index contributed by atoms with van der Waals surface area (Å²) in [5, 5.41) is 16.4. The topological polar surface area (TPSA) is 101 Å². The smallest absolute Gasteiger partial charge is 0.324 e. The van der Waals surface area contributed by atoms with Gasteiger partial charge in [-0.15, -0.1) is 0 Å². The predicted octanol–water partition coefficient (Wildman–Crippen LogP) is 4.25. The summed E-state index contributed by atoms with van der Waals surface area (Å²) in [7, 11) is 0. The molecule has 2 heterocycles. The number of nitrogens with one attached hydrogen (secondary N) is 1. The van der Waals surface area contributed by atoms with Crippen LogP contribution in [0.15, 0.2) is 34.9 Å². The second kappa shape index (κ2) is 11.9. The van der Waals surface area contributed by atoms with Crippen LogP contribution in [0.4, 0.5) is 6.01 Å². The van der Waals surface area contributed by atoms with Gasteiger partial charge in [0, 0.05) is 44.0 Å². The molecule has 1 fully saturated rings. The molecule has 36 heavy (non-hydrogen) atoms. The number of allylic oxidation sites excluding steroid dienone is 2. The van der Waals surface area contributed by atoms with E-state index in [1.807, 2.05) is 32.9 Å². The maximum Gasteiger partial charge on any atom is 0.324 e. The molecule has 2 aromatic rings. The van der Waals surface area contributed by atoms with Crippen LogP contribution >= 0.6 is 0 Å². The zero-order chi connectivity index (χ0) is 25.5. The van der Waals surface area contributed by atoms with Crippen molar-refractivity contribution in [3.8, 4) is 5.75 Å². The zero-order valence-corrected chi connectivity index (χ0v) is 21.8. The number of piperidine rings is 1. The molecule has 0 spiro atoms. The average molecular weight is 497 g/mol. The van der Waals surface area contributed by atoms with Gasteiger partial charge in [-0.25, -0.2) is 0 Å². The van der Waals surface area contributed by atoms with Gasteiger partial charge in [0.2, 0.25) is 5.91 Å². The van der Waals surface area contributed by atoms with Crippen molar-refractivity contribution >= 4 is 17.5 Å². The third kappa shape index (κ3) is 6.87. The van der Waals surface area contributed by atoms with Crippen LogP contribution in [-0.4, -0.2) is 54.0 Å². The highest BCUT2D eigenvalue weighted by Gasteiger charge is 2.25. The van der Waals surface area contributed by atoms with Gasteiger partial charge in [-0.1, -0.05) is 44.1 Å². The lowest BCUT2D eigenvalue weighted by molar-refractivity contribution is -0.125.